The van der Waals surface area contributed by atoms with Gasteiger partial charge in [0.2, 0.25) is 5.13 Å². The monoisotopic (exact) mass is 324 g/mol. The molecule has 0 aliphatic heterocycles. The number of nitrogens with one attached hydrogen (secondary N) is 1. The molecular weight excluding hydrogens is 308 g/mol. The number of anilines is 1. The molecule has 5 nitrogen and oxygen atoms in total. The first-order valence-electron chi connectivity index (χ1n) is 7.28. The van der Waals surface area contributed by atoms with Crippen molar-refractivity contribution in [3.05, 3.63) is 59.9 Å². The molecule has 0 aliphatic rings. The molecule has 0 fully saturated rings. The topological polar surface area (TPSA) is 67.8 Å². The molecule has 1 amide bonds. The zero-order valence-corrected chi connectivity index (χ0v) is 13.7. The van der Waals surface area contributed by atoms with Crippen LogP contribution in [-0.4, -0.2) is 21.1 Å². The standard InChI is InChI=1S/C17H16N4OS/c1-11(2)12-3-5-14(6-4-12)16-20-21-17(23-16)19-15(22)13-7-9-18-10-8-13/h3-11H,1-2H3,(H,19,21,22). The zero-order valence-electron chi connectivity index (χ0n) is 12.9. The average Bonchev–Trinajstić information content (AvgIpc) is 3.04. The Labute approximate surface area is 138 Å². The van der Waals surface area contributed by atoms with Crippen LogP contribution in [0.5, 0.6) is 0 Å². The van der Waals surface area contributed by atoms with E-state index in [0.717, 1.165) is 10.6 Å². The van der Waals surface area contributed by atoms with Crippen LogP contribution in [-0.2, 0) is 0 Å². The van der Waals surface area contributed by atoms with Gasteiger partial charge >= 0.3 is 0 Å². The molecule has 0 spiro atoms. The van der Waals surface area contributed by atoms with Crippen molar-refractivity contribution in [2.45, 2.75) is 19.8 Å². The highest BCUT2D eigenvalue weighted by Gasteiger charge is 2.11. The summed E-state index contributed by atoms with van der Waals surface area (Å²) >= 11 is 1.35. The number of nitrogens with zero attached hydrogens (tertiary/aromatic N) is 3. The highest BCUT2D eigenvalue weighted by atomic mass is 32.1. The van der Waals surface area contributed by atoms with Crippen LogP contribution in [0.2, 0.25) is 0 Å². The Bertz CT molecular complexity index is 797. The summed E-state index contributed by atoms with van der Waals surface area (Å²) < 4.78 is 0. The van der Waals surface area contributed by atoms with Gasteiger partial charge in [-0.3, -0.25) is 15.1 Å². The van der Waals surface area contributed by atoms with Crippen LogP contribution >= 0.6 is 11.3 Å². The van der Waals surface area contributed by atoms with Crippen LogP contribution in [0.1, 0.15) is 35.7 Å². The van der Waals surface area contributed by atoms with Gasteiger partial charge in [0.15, 0.2) is 0 Å². The smallest absolute Gasteiger partial charge is 0.257 e. The number of hydrogen-bond donors (Lipinski definition) is 1. The third-order valence-corrected chi connectivity index (χ3v) is 4.30. The molecule has 0 bridgehead atoms. The molecule has 2 heterocycles. The van der Waals surface area contributed by atoms with Crippen molar-refractivity contribution in [3.8, 4) is 10.6 Å². The Morgan fingerprint density at radius 3 is 2.39 bits per heavy atom. The van der Waals surface area contributed by atoms with Gasteiger partial charge < -0.3 is 0 Å². The lowest BCUT2D eigenvalue weighted by Crippen LogP contribution is -2.11. The number of pyridine rings is 1. The van der Waals surface area contributed by atoms with E-state index in [1.54, 1.807) is 24.5 Å². The van der Waals surface area contributed by atoms with E-state index in [0.29, 0.717) is 16.6 Å². The van der Waals surface area contributed by atoms with E-state index < -0.39 is 0 Å². The van der Waals surface area contributed by atoms with Gasteiger partial charge in [-0.1, -0.05) is 49.4 Å². The third-order valence-electron chi connectivity index (χ3n) is 3.41. The first-order chi connectivity index (χ1) is 11.1. The molecule has 0 saturated heterocycles. The minimum Gasteiger partial charge on any atom is -0.296 e. The van der Waals surface area contributed by atoms with Gasteiger partial charge in [-0.05, 0) is 23.6 Å². The number of benzene rings is 1. The van der Waals surface area contributed by atoms with E-state index in [-0.39, 0.29) is 5.91 Å². The third kappa shape index (κ3) is 3.60. The quantitative estimate of drug-likeness (QED) is 0.788. The van der Waals surface area contributed by atoms with Crippen molar-refractivity contribution >= 4 is 22.4 Å². The Kier molecular flexibility index (Phi) is 4.43. The maximum absolute atomic E-state index is 12.1. The Balaban J connectivity index is 1.74. The molecule has 0 saturated carbocycles. The average molecular weight is 324 g/mol. The number of hydrogen-bond acceptors (Lipinski definition) is 5. The van der Waals surface area contributed by atoms with E-state index in [9.17, 15) is 4.79 Å². The normalized spacial score (nSPS) is 10.7. The molecule has 0 atom stereocenters. The summed E-state index contributed by atoms with van der Waals surface area (Å²) in [5.41, 5.74) is 2.82. The van der Waals surface area contributed by atoms with Crippen molar-refractivity contribution in [3.63, 3.8) is 0 Å². The van der Waals surface area contributed by atoms with Crippen molar-refractivity contribution in [2.24, 2.45) is 0 Å². The number of carbonyl (C=O) groups is 1. The summed E-state index contributed by atoms with van der Waals surface area (Å²) in [5, 5.41) is 12.2. The highest BCUT2D eigenvalue weighted by molar-refractivity contribution is 7.18. The predicted molar refractivity (Wildman–Crippen MR) is 91.6 cm³/mol. The Hall–Kier alpha value is -2.60. The van der Waals surface area contributed by atoms with E-state index >= 15 is 0 Å². The van der Waals surface area contributed by atoms with Gasteiger partial charge in [0.1, 0.15) is 5.01 Å². The summed E-state index contributed by atoms with van der Waals surface area (Å²) in [6.45, 7) is 4.32. The van der Waals surface area contributed by atoms with Crippen molar-refractivity contribution in [1.82, 2.24) is 15.2 Å². The van der Waals surface area contributed by atoms with Gasteiger partial charge in [0, 0.05) is 23.5 Å². The van der Waals surface area contributed by atoms with Crippen LogP contribution in [0.4, 0.5) is 5.13 Å². The van der Waals surface area contributed by atoms with E-state index in [1.807, 2.05) is 12.1 Å². The SMILES string of the molecule is CC(C)c1ccc(-c2nnc(NC(=O)c3ccncc3)s2)cc1. The summed E-state index contributed by atoms with van der Waals surface area (Å²) in [6.07, 6.45) is 3.16. The molecule has 116 valence electrons. The van der Waals surface area contributed by atoms with Gasteiger partial charge in [-0.15, -0.1) is 10.2 Å². The molecule has 1 aromatic carbocycles. The molecule has 0 aliphatic carbocycles. The van der Waals surface area contributed by atoms with Crippen LogP contribution in [0.15, 0.2) is 48.8 Å². The lowest BCUT2D eigenvalue weighted by molar-refractivity contribution is 0.102. The fourth-order valence-electron chi connectivity index (χ4n) is 2.07. The molecule has 2 aromatic heterocycles. The molecule has 3 aromatic rings. The first kappa shape index (κ1) is 15.3. The van der Waals surface area contributed by atoms with Gasteiger partial charge in [-0.25, -0.2) is 0 Å². The fraction of sp³-hybridized carbons (Fsp3) is 0.176. The Morgan fingerprint density at radius 2 is 1.74 bits per heavy atom. The van der Waals surface area contributed by atoms with Gasteiger partial charge in [-0.2, -0.15) is 0 Å². The lowest BCUT2D eigenvalue weighted by atomic mass is 10.0. The minimum atomic E-state index is -0.217. The summed E-state index contributed by atoms with van der Waals surface area (Å²) in [7, 11) is 0. The van der Waals surface area contributed by atoms with E-state index in [2.05, 4.69) is 46.5 Å². The molecule has 23 heavy (non-hydrogen) atoms. The minimum absolute atomic E-state index is 0.217. The predicted octanol–water partition coefficient (Wildman–Crippen LogP) is 3.98. The number of carbonyl (C=O) groups excluding carboxylic acids is 1. The van der Waals surface area contributed by atoms with Crippen LogP contribution < -0.4 is 5.32 Å². The second kappa shape index (κ2) is 6.66. The lowest BCUT2D eigenvalue weighted by Gasteiger charge is -2.04. The highest BCUT2D eigenvalue weighted by Crippen LogP contribution is 2.27. The summed E-state index contributed by atoms with van der Waals surface area (Å²) in [6, 6.07) is 11.6. The number of amides is 1. The summed E-state index contributed by atoms with van der Waals surface area (Å²) in [4.78, 5) is 16.0. The molecule has 0 unspecified atom stereocenters. The van der Waals surface area contributed by atoms with Crippen molar-refractivity contribution in [1.29, 1.82) is 0 Å². The van der Waals surface area contributed by atoms with Gasteiger partial charge in [0.05, 0.1) is 0 Å². The molecule has 0 radical (unpaired) electrons. The zero-order chi connectivity index (χ0) is 16.2. The number of aromatic nitrogens is 3. The maximum Gasteiger partial charge on any atom is 0.257 e. The van der Waals surface area contributed by atoms with E-state index in [1.165, 1.54) is 16.9 Å². The van der Waals surface area contributed by atoms with Crippen LogP contribution in [0.25, 0.3) is 10.6 Å². The molecule has 6 heteroatoms. The van der Waals surface area contributed by atoms with Gasteiger partial charge in [0.25, 0.3) is 5.91 Å². The summed E-state index contributed by atoms with van der Waals surface area (Å²) in [5.74, 6) is 0.277. The maximum atomic E-state index is 12.1. The first-order valence-corrected chi connectivity index (χ1v) is 8.10. The Morgan fingerprint density at radius 1 is 1.04 bits per heavy atom. The largest absolute Gasteiger partial charge is 0.296 e. The van der Waals surface area contributed by atoms with Crippen LogP contribution in [0, 0.1) is 0 Å². The number of rotatable bonds is 4. The van der Waals surface area contributed by atoms with E-state index in [4.69, 9.17) is 0 Å². The second-order valence-electron chi connectivity index (χ2n) is 5.38. The van der Waals surface area contributed by atoms with Crippen molar-refractivity contribution in [2.75, 3.05) is 5.32 Å². The second-order valence-corrected chi connectivity index (χ2v) is 6.36. The molecular formula is C17H16N4OS. The fourth-order valence-corrected chi connectivity index (χ4v) is 2.82. The molecule has 3 rings (SSSR count). The van der Waals surface area contributed by atoms with Crippen LogP contribution in [0.3, 0.4) is 0 Å². The molecule has 1 N–H and O–H groups in total. The van der Waals surface area contributed by atoms with Crippen molar-refractivity contribution < 1.29 is 4.79 Å².